The van der Waals surface area contributed by atoms with Crippen LogP contribution in [0.15, 0.2) is 9.63 Å². The highest BCUT2D eigenvalue weighted by molar-refractivity contribution is 7.84. The fraction of sp³-hybridized carbons (Fsp3) is 1.00. The van der Waals surface area contributed by atoms with Gasteiger partial charge in [0, 0.05) is 0 Å². The van der Waals surface area contributed by atoms with E-state index in [1.807, 2.05) is 0 Å². The van der Waals surface area contributed by atoms with E-state index in [9.17, 15) is 8.42 Å². The Labute approximate surface area is 41.0 Å². The monoisotopic (exact) mass is 124 g/mol. The number of rotatable bonds is 1. The topological polar surface area (TPSA) is 79.1 Å². The van der Waals surface area contributed by atoms with Crippen molar-refractivity contribution in [3.8, 4) is 0 Å². The van der Waals surface area contributed by atoms with Gasteiger partial charge in [-0.2, -0.15) is 13.5 Å². The Kier molecular flexibility index (Phi) is 1.85. The Morgan fingerprint density at radius 3 is 2.00 bits per heavy atom. The molecule has 0 aliphatic rings. The first-order valence-corrected chi connectivity index (χ1v) is 2.74. The highest BCUT2D eigenvalue weighted by atomic mass is 32.2. The predicted octanol–water partition coefficient (Wildman–Crippen LogP) is -0.129. The molecule has 0 aromatic rings. The van der Waals surface area contributed by atoms with E-state index in [1.54, 1.807) is 0 Å². The summed E-state index contributed by atoms with van der Waals surface area (Å²) in [5.41, 5.74) is 0. The van der Waals surface area contributed by atoms with Crippen molar-refractivity contribution in [3.05, 3.63) is 0 Å². The molecule has 0 aliphatic heterocycles. The molecule has 1 N–H and O–H groups in total. The van der Waals surface area contributed by atoms with Crippen LogP contribution in [-0.4, -0.2) is 20.0 Å². The van der Waals surface area contributed by atoms with Gasteiger partial charge in [-0.3, -0.25) is 4.55 Å². The quantitative estimate of drug-likeness (QED) is 0.390. The zero-order valence-electron chi connectivity index (χ0n) is 3.57. The normalized spacial score (nSPS) is 12.9. The molecule has 6 heteroatoms. The van der Waals surface area contributed by atoms with Crippen LogP contribution in [0.1, 0.15) is 0 Å². The summed E-state index contributed by atoms with van der Waals surface area (Å²) in [6, 6.07) is 0. The second-order valence-electron chi connectivity index (χ2n) is 0.729. The average Bonchev–Trinajstić information content (AvgIpc) is 1.30. The smallest absolute Gasteiger partial charge is 0.267 e. The number of hydrogen-bond donors (Lipinski definition) is 1. The summed E-state index contributed by atoms with van der Waals surface area (Å²) in [7, 11) is -3.07. The van der Waals surface area contributed by atoms with Gasteiger partial charge in [0.15, 0.2) is 0 Å². The summed E-state index contributed by atoms with van der Waals surface area (Å²) in [4.78, 5) is 0. The summed E-state index contributed by atoms with van der Waals surface area (Å²) < 4.78 is 29.2. The molecule has 0 amide bonds. The molecule has 0 aliphatic carbocycles. The van der Waals surface area contributed by atoms with Crippen molar-refractivity contribution in [2.45, 2.75) is 0 Å². The maximum Gasteiger partial charge on any atom is 0.395 e. The molecule has 0 rings (SSSR count). The SMILES string of the molecule is C/N=N/S(=O)(=O)O. The van der Waals surface area contributed by atoms with E-state index in [4.69, 9.17) is 4.55 Å². The highest BCUT2D eigenvalue weighted by Gasteiger charge is 1.93. The van der Waals surface area contributed by atoms with Gasteiger partial charge in [0.2, 0.25) is 0 Å². The molecular weight excluding hydrogens is 120 g/mol. The van der Waals surface area contributed by atoms with Crippen molar-refractivity contribution in [2.24, 2.45) is 9.63 Å². The van der Waals surface area contributed by atoms with Crippen LogP contribution in [-0.2, 0) is 10.3 Å². The fourth-order valence-corrected chi connectivity index (χ4v) is 0.310. The number of hydrogen-bond acceptors (Lipinski definition) is 3. The van der Waals surface area contributed by atoms with E-state index in [1.165, 1.54) is 0 Å². The van der Waals surface area contributed by atoms with Crippen LogP contribution in [0, 0.1) is 0 Å². The Morgan fingerprint density at radius 2 is 2.00 bits per heavy atom. The van der Waals surface area contributed by atoms with Gasteiger partial charge in [-0.1, -0.05) is 0 Å². The van der Waals surface area contributed by atoms with Crippen LogP contribution in [0.3, 0.4) is 0 Å². The standard InChI is InChI=1S/CH4N2O3S/c1-2-3-7(4,5)6/h1H3,(H,4,5,6)/b3-2+. The highest BCUT2D eigenvalue weighted by Crippen LogP contribution is 1.80. The van der Waals surface area contributed by atoms with E-state index in [-0.39, 0.29) is 0 Å². The van der Waals surface area contributed by atoms with Gasteiger partial charge in [0.1, 0.15) is 0 Å². The van der Waals surface area contributed by atoms with Gasteiger partial charge in [-0.15, -0.1) is 0 Å². The first kappa shape index (κ1) is 6.51. The lowest BCUT2D eigenvalue weighted by molar-refractivity contribution is 0.482. The average molecular weight is 124 g/mol. The fourth-order valence-electron chi connectivity index (χ4n) is 0.103. The first-order valence-electron chi connectivity index (χ1n) is 1.35. The maximum absolute atomic E-state index is 9.53. The molecule has 42 valence electrons. The molecule has 0 bridgehead atoms. The van der Waals surface area contributed by atoms with E-state index in [0.29, 0.717) is 0 Å². The van der Waals surface area contributed by atoms with Crippen LogP contribution >= 0.6 is 0 Å². The molecule has 0 heterocycles. The van der Waals surface area contributed by atoms with Crippen molar-refractivity contribution in [1.29, 1.82) is 0 Å². The third kappa shape index (κ3) is 5.51. The molecule has 0 radical (unpaired) electrons. The molecule has 0 saturated heterocycles. The summed E-state index contributed by atoms with van der Waals surface area (Å²) in [6.45, 7) is 0. The molecular formula is CH4N2O3S. The number of nitrogens with zero attached hydrogens (tertiary/aromatic N) is 2. The van der Waals surface area contributed by atoms with Gasteiger partial charge < -0.3 is 0 Å². The molecule has 0 spiro atoms. The van der Waals surface area contributed by atoms with E-state index < -0.39 is 10.3 Å². The Balaban J connectivity index is 4.13. The third-order valence-electron chi connectivity index (χ3n) is 0.185. The molecule has 0 atom stereocenters. The Morgan fingerprint density at radius 1 is 1.57 bits per heavy atom. The van der Waals surface area contributed by atoms with Crippen LogP contribution < -0.4 is 0 Å². The summed E-state index contributed by atoms with van der Waals surface area (Å²) in [6.07, 6.45) is 0. The first-order chi connectivity index (χ1) is 3.06. The zero-order valence-corrected chi connectivity index (χ0v) is 4.38. The van der Waals surface area contributed by atoms with Crippen molar-refractivity contribution in [2.75, 3.05) is 7.05 Å². The van der Waals surface area contributed by atoms with E-state index in [0.717, 1.165) is 7.05 Å². The second-order valence-corrected chi connectivity index (χ2v) is 1.79. The molecule has 0 aromatic carbocycles. The molecule has 5 nitrogen and oxygen atoms in total. The third-order valence-corrected chi connectivity index (χ3v) is 0.554. The van der Waals surface area contributed by atoms with Crippen molar-refractivity contribution in [3.63, 3.8) is 0 Å². The summed E-state index contributed by atoms with van der Waals surface area (Å²) in [5.74, 6) is 0. The molecule has 7 heavy (non-hydrogen) atoms. The lowest BCUT2D eigenvalue weighted by Crippen LogP contribution is -1.87. The van der Waals surface area contributed by atoms with Crippen molar-refractivity contribution >= 4 is 10.3 Å². The van der Waals surface area contributed by atoms with Crippen molar-refractivity contribution < 1.29 is 13.0 Å². The Bertz CT molecular complexity index is 156. The van der Waals surface area contributed by atoms with Gasteiger partial charge in [-0.25, -0.2) is 0 Å². The van der Waals surface area contributed by atoms with E-state index >= 15 is 0 Å². The minimum atomic E-state index is -4.22. The van der Waals surface area contributed by atoms with Crippen LogP contribution in [0.2, 0.25) is 0 Å². The molecule has 0 saturated carbocycles. The van der Waals surface area contributed by atoms with Crippen LogP contribution in [0.5, 0.6) is 0 Å². The lowest BCUT2D eigenvalue weighted by Gasteiger charge is -1.74. The molecule has 0 fully saturated rings. The van der Waals surface area contributed by atoms with Gasteiger partial charge >= 0.3 is 10.3 Å². The summed E-state index contributed by atoms with van der Waals surface area (Å²) in [5, 5.41) is 2.79. The van der Waals surface area contributed by atoms with Gasteiger partial charge in [0.25, 0.3) is 0 Å². The molecule has 0 aromatic heterocycles. The Hall–Kier alpha value is -0.490. The molecule has 0 unspecified atom stereocenters. The maximum atomic E-state index is 9.53. The minimum Gasteiger partial charge on any atom is -0.267 e. The van der Waals surface area contributed by atoms with Crippen LogP contribution in [0.25, 0.3) is 0 Å². The largest absolute Gasteiger partial charge is 0.395 e. The van der Waals surface area contributed by atoms with E-state index in [2.05, 4.69) is 9.63 Å². The summed E-state index contributed by atoms with van der Waals surface area (Å²) >= 11 is 0. The second kappa shape index (κ2) is 1.99. The predicted molar refractivity (Wildman–Crippen MR) is 22.3 cm³/mol. The van der Waals surface area contributed by atoms with Gasteiger partial charge in [-0.05, 0) is 4.52 Å². The zero-order chi connectivity index (χ0) is 5.91. The van der Waals surface area contributed by atoms with Crippen LogP contribution in [0.4, 0.5) is 0 Å². The lowest BCUT2D eigenvalue weighted by atomic mass is 11.6. The van der Waals surface area contributed by atoms with Crippen molar-refractivity contribution in [1.82, 2.24) is 0 Å². The minimum absolute atomic E-state index is 1.15. The van der Waals surface area contributed by atoms with Gasteiger partial charge in [0.05, 0.1) is 7.05 Å².